The molecule has 0 saturated carbocycles. The molecule has 0 aromatic carbocycles. The average molecular weight is 283 g/mol. The number of nitrogens with one attached hydrogen (secondary N) is 1. The minimum absolute atomic E-state index is 0.0361. The maximum atomic E-state index is 11.6. The normalized spacial score (nSPS) is 13.9. The first kappa shape index (κ1) is 16.7. The molecule has 0 aromatic rings. The Morgan fingerprint density at radius 3 is 2.53 bits per heavy atom. The highest BCUT2D eigenvalue weighted by Gasteiger charge is 2.22. The Kier molecular flexibility index (Phi) is 7.80. The lowest BCUT2D eigenvalue weighted by Crippen LogP contribution is -2.41. The van der Waals surface area contributed by atoms with Crippen molar-refractivity contribution in [2.45, 2.75) is 12.2 Å². The molecule has 1 unspecified atom stereocenters. The van der Waals surface area contributed by atoms with Gasteiger partial charge >= 0.3 is 0 Å². The molecule has 0 aliphatic carbocycles. The number of rotatable bonds is 9. The second-order valence-corrected chi connectivity index (χ2v) is 6.46. The molecule has 0 aliphatic heterocycles. The molecule has 0 rings (SSSR count). The van der Waals surface area contributed by atoms with Gasteiger partial charge in [0.05, 0.1) is 18.2 Å². The zero-order valence-corrected chi connectivity index (χ0v) is 12.1. The van der Waals surface area contributed by atoms with Crippen LogP contribution in [-0.4, -0.2) is 64.0 Å². The second kappa shape index (κ2) is 7.93. The van der Waals surface area contributed by atoms with Gasteiger partial charge < -0.3 is 15.4 Å². The van der Waals surface area contributed by atoms with E-state index in [1.165, 1.54) is 6.92 Å². The first-order valence-electron chi connectivity index (χ1n) is 5.27. The highest BCUT2D eigenvalue weighted by Crippen LogP contribution is 1.97. The maximum absolute atomic E-state index is 11.6. The van der Waals surface area contributed by atoms with Crippen molar-refractivity contribution < 1.29 is 13.2 Å². The van der Waals surface area contributed by atoms with E-state index in [2.05, 4.69) is 16.9 Å². The largest absolute Gasteiger partial charge is 0.392 e. The zero-order chi connectivity index (χ0) is 13.5. The summed E-state index contributed by atoms with van der Waals surface area (Å²) in [5.74, 6) is 0. The Bertz CT molecular complexity index is 330. The number of nitrogens with two attached hydrogens (primary N) is 1. The van der Waals surface area contributed by atoms with Crippen LogP contribution in [0.2, 0.25) is 0 Å². The molecule has 0 saturated heterocycles. The molecule has 0 spiro atoms. The number of thiocarbonyl (C=S) groups is 1. The van der Waals surface area contributed by atoms with Crippen molar-refractivity contribution in [3.8, 4) is 0 Å². The van der Waals surface area contributed by atoms with E-state index < -0.39 is 15.3 Å². The van der Waals surface area contributed by atoms with Crippen molar-refractivity contribution >= 4 is 27.2 Å². The van der Waals surface area contributed by atoms with E-state index in [0.717, 1.165) is 6.54 Å². The van der Waals surface area contributed by atoms with Crippen LogP contribution in [0.25, 0.3) is 0 Å². The Balaban J connectivity index is 3.78. The Labute approximate surface area is 109 Å². The minimum atomic E-state index is -3.47. The number of ether oxygens (including phenoxy) is 1. The van der Waals surface area contributed by atoms with Crippen molar-refractivity contribution in [3.63, 3.8) is 0 Å². The van der Waals surface area contributed by atoms with Crippen molar-refractivity contribution in [3.05, 3.63) is 0 Å². The fourth-order valence-corrected chi connectivity index (χ4v) is 2.19. The van der Waals surface area contributed by atoms with E-state index in [-0.39, 0.29) is 11.5 Å². The Hall–Kier alpha value is -0.280. The second-order valence-electron chi connectivity index (χ2n) is 3.90. The molecule has 6 nitrogen and oxygen atoms in total. The van der Waals surface area contributed by atoms with Gasteiger partial charge in [-0.3, -0.25) is 0 Å². The molecule has 0 amide bonds. The summed E-state index contributed by atoms with van der Waals surface area (Å²) in [4.78, 5) is 1.95. The fourth-order valence-electron chi connectivity index (χ4n) is 0.883. The van der Waals surface area contributed by atoms with E-state index in [1.54, 1.807) is 0 Å². The van der Waals surface area contributed by atoms with E-state index in [1.807, 2.05) is 19.0 Å². The summed E-state index contributed by atoms with van der Waals surface area (Å²) in [6, 6.07) is 0. The van der Waals surface area contributed by atoms with Gasteiger partial charge in [-0.25, -0.2) is 13.1 Å². The molecule has 8 heteroatoms. The van der Waals surface area contributed by atoms with Crippen LogP contribution in [0.15, 0.2) is 0 Å². The van der Waals surface area contributed by atoms with Gasteiger partial charge in [-0.2, -0.15) is 0 Å². The lowest BCUT2D eigenvalue weighted by atomic mass is 10.5. The van der Waals surface area contributed by atoms with Crippen LogP contribution in [-0.2, 0) is 14.8 Å². The van der Waals surface area contributed by atoms with Crippen molar-refractivity contribution in [2.24, 2.45) is 5.73 Å². The van der Waals surface area contributed by atoms with Crippen LogP contribution >= 0.6 is 12.2 Å². The number of nitrogens with zero attached hydrogens (tertiary/aromatic N) is 1. The molecule has 0 aromatic heterocycles. The van der Waals surface area contributed by atoms with Gasteiger partial charge in [-0.05, 0) is 21.0 Å². The van der Waals surface area contributed by atoms with Crippen molar-refractivity contribution in [2.75, 3.05) is 40.4 Å². The molecule has 1 atom stereocenters. The smallest absolute Gasteiger partial charge is 0.220 e. The van der Waals surface area contributed by atoms with Gasteiger partial charge in [0.15, 0.2) is 0 Å². The topological polar surface area (TPSA) is 84.7 Å². The van der Waals surface area contributed by atoms with Crippen LogP contribution in [0.3, 0.4) is 0 Å². The van der Waals surface area contributed by atoms with Crippen molar-refractivity contribution in [1.29, 1.82) is 0 Å². The molecule has 0 fully saturated rings. The van der Waals surface area contributed by atoms with Crippen LogP contribution in [0, 0.1) is 0 Å². The van der Waals surface area contributed by atoms with Gasteiger partial charge in [-0.1, -0.05) is 12.2 Å². The van der Waals surface area contributed by atoms with Gasteiger partial charge in [-0.15, -0.1) is 0 Å². The van der Waals surface area contributed by atoms with Crippen LogP contribution < -0.4 is 10.5 Å². The lowest BCUT2D eigenvalue weighted by molar-refractivity contribution is 0.122. The maximum Gasteiger partial charge on any atom is 0.220 e. The third kappa shape index (κ3) is 7.61. The van der Waals surface area contributed by atoms with Gasteiger partial charge in [0.25, 0.3) is 0 Å². The van der Waals surface area contributed by atoms with E-state index in [0.29, 0.717) is 13.2 Å². The first-order valence-corrected chi connectivity index (χ1v) is 7.23. The highest BCUT2D eigenvalue weighted by atomic mass is 32.2. The quantitative estimate of drug-likeness (QED) is 0.424. The minimum Gasteiger partial charge on any atom is -0.392 e. The molecule has 0 aliphatic rings. The molecular formula is C9H21N3O3S2. The monoisotopic (exact) mass is 283 g/mol. The summed E-state index contributed by atoms with van der Waals surface area (Å²) in [6.45, 7) is 3.38. The predicted octanol–water partition coefficient (Wildman–Crippen LogP) is -0.841. The van der Waals surface area contributed by atoms with Gasteiger partial charge in [0.1, 0.15) is 5.25 Å². The third-order valence-corrected chi connectivity index (χ3v) is 4.39. The zero-order valence-electron chi connectivity index (χ0n) is 10.5. The number of likely N-dealkylation sites (N-methyl/N-ethyl adjacent to an activating group) is 1. The summed E-state index contributed by atoms with van der Waals surface area (Å²) in [5, 5.41) is -0.862. The lowest BCUT2D eigenvalue weighted by Gasteiger charge is -2.13. The first-order chi connectivity index (χ1) is 7.77. The predicted molar refractivity (Wildman–Crippen MR) is 72.5 cm³/mol. The summed E-state index contributed by atoms with van der Waals surface area (Å²) >= 11 is 4.64. The number of hydrogen-bond donors (Lipinski definition) is 2. The number of hydrogen-bond acceptors (Lipinski definition) is 5. The third-order valence-electron chi connectivity index (χ3n) is 2.10. The van der Waals surface area contributed by atoms with E-state index in [4.69, 9.17) is 10.5 Å². The summed E-state index contributed by atoms with van der Waals surface area (Å²) in [6.07, 6.45) is 0. The van der Waals surface area contributed by atoms with Crippen LogP contribution in [0.4, 0.5) is 0 Å². The van der Waals surface area contributed by atoms with Crippen LogP contribution in [0.1, 0.15) is 6.92 Å². The molecule has 17 heavy (non-hydrogen) atoms. The Morgan fingerprint density at radius 1 is 1.47 bits per heavy atom. The Morgan fingerprint density at radius 2 is 2.06 bits per heavy atom. The molecule has 0 radical (unpaired) electrons. The summed E-state index contributed by atoms with van der Waals surface area (Å²) in [7, 11) is 0.411. The molecule has 102 valence electrons. The molecular weight excluding hydrogens is 262 g/mol. The number of sulfonamides is 1. The molecule has 3 N–H and O–H groups in total. The standard InChI is InChI=1S/C9H21N3O3S2/c1-8(9(10)16)17(13,14)11-4-6-15-7-5-12(2)3/h8,11H,4-7H2,1-3H3,(H2,10,16). The molecule has 0 bridgehead atoms. The summed E-state index contributed by atoms with van der Waals surface area (Å²) < 4.78 is 30.8. The van der Waals surface area contributed by atoms with Gasteiger partial charge in [0.2, 0.25) is 10.0 Å². The van der Waals surface area contributed by atoms with E-state index >= 15 is 0 Å². The highest BCUT2D eigenvalue weighted by molar-refractivity contribution is 7.93. The van der Waals surface area contributed by atoms with E-state index in [9.17, 15) is 8.42 Å². The fraction of sp³-hybridized carbons (Fsp3) is 0.889. The van der Waals surface area contributed by atoms with Gasteiger partial charge in [0, 0.05) is 13.1 Å². The SMILES string of the molecule is CC(C(N)=S)S(=O)(=O)NCCOCCN(C)C. The van der Waals surface area contributed by atoms with Crippen molar-refractivity contribution in [1.82, 2.24) is 9.62 Å². The summed E-state index contributed by atoms with van der Waals surface area (Å²) in [5.41, 5.74) is 5.28. The average Bonchev–Trinajstić information content (AvgIpc) is 2.21. The van der Waals surface area contributed by atoms with Crippen LogP contribution in [0.5, 0.6) is 0 Å². The molecule has 0 heterocycles.